The predicted molar refractivity (Wildman–Crippen MR) is 101 cm³/mol. The van der Waals surface area contributed by atoms with Gasteiger partial charge in [-0.25, -0.2) is 21.0 Å². The average molecular weight is 558 g/mol. The fraction of sp³-hybridized carbons (Fsp3) is 0.600. The quantitative estimate of drug-likeness (QED) is 0.0807. The van der Waals surface area contributed by atoms with Crippen molar-refractivity contribution in [2.45, 2.75) is 19.3 Å². The fourth-order valence-electron chi connectivity index (χ4n) is 2.02. The van der Waals surface area contributed by atoms with Crippen molar-refractivity contribution < 1.29 is 142 Å². The second-order valence-electron chi connectivity index (χ2n) is 5.80. The van der Waals surface area contributed by atoms with Crippen LogP contribution < -0.4 is 103 Å². The van der Waals surface area contributed by atoms with E-state index in [0.29, 0.717) is 0 Å². The van der Waals surface area contributed by atoms with Crippen LogP contribution in [0.15, 0.2) is 18.2 Å². The van der Waals surface area contributed by atoms with Gasteiger partial charge in [-0.05, 0) is 12.8 Å². The molecular weight excluding hydrogens is 537 g/mol. The molecule has 0 radical (unpaired) electrons. The van der Waals surface area contributed by atoms with Crippen LogP contribution in [0.1, 0.15) is 19.3 Å². The summed E-state index contributed by atoms with van der Waals surface area (Å²) < 4.78 is 105. The Morgan fingerprint density at radius 1 is 0.667 bits per heavy atom. The summed E-state index contributed by atoms with van der Waals surface area (Å²) in [6.45, 7) is -0.115. The van der Waals surface area contributed by atoms with Crippen molar-refractivity contribution in [3.63, 3.8) is 0 Å². The van der Waals surface area contributed by atoms with Gasteiger partial charge in [-0.1, -0.05) is 0 Å². The maximum absolute atomic E-state index is 10.6. The number of benzene rings is 1. The third-order valence-corrected chi connectivity index (χ3v) is 5.14. The zero-order valence-corrected chi connectivity index (χ0v) is 27.2. The van der Waals surface area contributed by atoms with E-state index in [1.165, 1.54) is 18.2 Å². The van der Waals surface area contributed by atoms with Crippen LogP contribution in [0.2, 0.25) is 0 Å². The van der Waals surface area contributed by atoms with Gasteiger partial charge in [-0.2, -0.15) is 0 Å². The van der Waals surface area contributed by atoms with E-state index in [-0.39, 0.29) is 152 Å². The first-order valence-electron chi connectivity index (χ1n) is 8.58. The van der Waals surface area contributed by atoms with Gasteiger partial charge in [0.2, 0.25) is 0 Å². The van der Waals surface area contributed by atoms with Crippen molar-refractivity contribution in [1.29, 1.82) is 0 Å². The van der Waals surface area contributed by atoms with Crippen molar-refractivity contribution in [2.24, 2.45) is 0 Å². The van der Waals surface area contributed by atoms with Gasteiger partial charge in [-0.15, -0.1) is 0 Å². The van der Waals surface area contributed by atoms with Crippen LogP contribution in [0.4, 0.5) is 0 Å². The van der Waals surface area contributed by atoms with Crippen molar-refractivity contribution >= 4 is 31.6 Å². The Morgan fingerprint density at radius 2 is 1.00 bits per heavy atom. The topological polar surface area (TPSA) is 191 Å². The molecule has 174 valence electrons. The predicted octanol–water partition coefficient (Wildman–Crippen LogP) is -9.09. The van der Waals surface area contributed by atoms with Crippen LogP contribution >= 0.6 is 0 Å². The van der Waals surface area contributed by atoms with Crippen LogP contribution in [0.3, 0.4) is 0 Å². The van der Waals surface area contributed by atoms with Gasteiger partial charge >= 0.3 is 88.7 Å². The summed E-state index contributed by atoms with van der Waals surface area (Å²) in [4.78, 5) is 0. The maximum atomic E-state index is 10.6. The molecule has 1 aromatic carbocycles. The van der Waals surface area contributed by atoms with E-state index < -0.39 is 43.1 Å². The summed E-state index contributed by atoms with van der Waals surface area (Å²) in [5, 5.41) is 0. The van der Waals surface area contributed by atoms with Gasteiger partial charge in [0, 0.05) is 36.1 Å². The molecule has 0 spiro atoms. The molecular formula is C15H21Na3O12S3. The Kier molecular flexibility index (Phi) is 24.3. The molecule has 0 aliphatic carbocycles. The van der Waals surface area contributed by atoms with E-state index in [1.54, 1.807) is 0 Å². The standard InChI is InChI=1S/C15H24O12S3.3Na/c16-28(17)27-7-1-4-24-13-10-14(25-5-2-8-29(18,19)20)12-15(11-13)26-6-3-9-30(21,22)23;;;/h10-12H,1-9H2,(H,16,17)(H,18,19,20)(H,21,22,23);;;/q;3*+1/p-3. The van der Waals surface area contributed by atoms with Crippen LogP contribution in [0.25, 0.3) is 0 Å². The van der Waals surface area contributed by atoms with E-state index in [4.69, 9.17) is 14.2 Å². The number of hydrogen-bond acceptors (Lipinski definition) is 12. The zero-order valence-electron chi connectivity index (χ0n) is 18.7. The Morgan fingerprint density at radius 3 is 1.30 bits per heavy atom. The molecule has 0 aliphatic heterocycles. The molecule has 0 N–H and O–H groups in total. The molecule has 0 heterocycles. The third kappa shape index (κ3) is 23.6. The normalized spacial score (nSPS) is 11.8. The SMILES string of the molecule is O=S([O-])OCCCOc1cc(OCCCS(=O)(=O)[O-])cc(OCCCS(=O)(=O)[O-])c1.[Na+].[Na+].[Na+]. The Labute approximate surface area is 262 Å². The molecule has 1 unspecified atom stereocenters. The molecule has 0 fully saturated rings. The van der Waals surface area contributed by atoms with Gasteiger partial charge in [0.1, 0.15) is 17.2 Å². The van der Waals surface area contributed by atoms with Crippen LogP contribution in [0, 0.1) is 0 Å². The Bertz CT molecular complexity index is 838. The fourth-order valence-corrected chi connectivity index (χ4v) is 3.22. The molecule has 12 nitrogen and oxygen atoms in total. The monoisotopic (exact) mass is 558 g/mol. The van der Waals surface area contributed by atoms with Crippen LogP contribution in [-0.2, 0) is 35.8 Å². The first-order chi connectivity index (χ1) is 13.9. The summed E-state index contributed by atoms with van der Waals surface area (Å²) >= 11 is -2.62. The molecule has 0 bridgehead atoms. The van der Waals surface area contributed by atoms with Crippen molar-refractivity contribution in [3.05, 3.63) is 18.2 Å². The second-order valence-corrected chi connectivity index (χ2v) is 9.49. The minimum absolute atomic E-state index is 0. The van der Waals surface area contributed by atoms with E-state index in [1.807, 2.05) is 0 Å². The van der Waals surface area contributed by atoms with Crippen LogP contribution in [-0.4, -0.2) is 72.6 Å². The van der Waals surface area contributed by atoms with Gasteiger partial charge in [0.15, 0.2) is 0 Å². The number of hydrogen-bond donors (Lipinski definition) is 0. The van der Waals surface area contributed by atoms with Crippen molar-refractivity contribution in [3.8, 4) is 17.2 Å². The largest absolute Gasteiger partial charge is 1.00 e. The minimum Gasteiger partial charge on any atom is -0.750 e. The summed E-state index contributed by atoms with van der Waals surface area (Å²) in [5.41, 5.74) is 0. The number of ether oxygens (including phenoxy) is 3. The first kappa shape index (κ1) is 39.0. The molecule has 18 heteroatoms. The maximum Gasteiger partial charge on any atom is 1.00 e. The molecule has 0 aliphatic rings. The molecule has 1 aromatic rings. The minimum atomic E-state index is -4.36. The van der Waals surface area contributed by atoms with Crippen molar-refractivity contribution in [2.75, 3.05) is 37.9 Å². The Hall–Kier alpha value is 1.51. The summed E-state index contributed by atoms with van der Waals surface area (Å²) in [6, 6.07) is 4.37. The van der Waals surface area contributed by atoms with Crippen LogP contribution in [0.5, 0.6) is 17.2 Å². The van der Waals surface area contributed by atoms with E-state index in [2.05, 4.69) is 4.18 Å². The second kappa shape index (κ2) is 20.6. The molecule has 0 amide bonds. The Balaban J connectivity index is -0.00000300. The van der Waals surface area contributed by atoms with Crippen molar-refractivity contribution in [1.82, 2.24) is 0 Å². The van der Waals surface area contributed by atoms with E-state index >= 15 is 0 Å². The first-order valence-corrected chi connectivity index (χ1v) is 12.7. The third-order valence-electron chi connectivity index (χ3n) is 3.21. The molecule has 0 saturated carbocycles. The van der Waals surface area contributed by atoms with E-state index in [9.17, 15) is 34.7 Å². The molecule has 33 heavy (non-hydrogen) atoms. The van der Waals surface area contributed by atoms with Gasteiger partial charge in [-0.3, -0.25) is 0 Å². The molecule has 0 saturated heterocycles. The molecule has 1 rings (SSSR count). The molecule has 1 atom stereocenters. The zero-order chi connectivity index (χ0) is 22.6. The summed E-state index contributed by atoms with van der Waals surface area (Å²) in [7, 11) is -8.71. The smallest absolute Gasteiger partial charge is 0.750 e. The summed E-state index contributed by atoms with van der Waals surface area (Å²) in [5.74, 6) is -0.425. The average Bonchev–Trinajstić information content (AvgIpc) is 2.60. The molecule has 0 aromatic heterocycles. The van der Waals surface area contributed by atoms with E-state index in [0.717, 1.165) is 0 Å². The van der Waals surface area contributed by atoms with Gasteiger partial charge < -0.3 is 32.1 Å². The summed E-state index contributed by atoms with van der Waals surface area (Å²) in [6.07, 6.45) is 0.203. The van der Waals surface area contributed by atoms with Gasteiger partial charge in [0.05, 0.1) is 58.0 Å². The van der Waals surface area contributed by atoms with Gasteiger partial charge in [0.25, 0.3) is 0 Å². The number of rotatable bonds is 16.